The molecule has 0 radical (unpaired) electrons. The highest BCUT2D eigenvalue weighted by molar-refractivity contribution is 6.05. The summed E-state index contributed by atoms with van der Waals surface area (Å²) in [6.45, 7) is 12.0. The first-order valence-electron chi connectivity index (χ1n) is 39.1. The molecule has 6 N–H and O–H groups in total. The molecule has 0 saturated carbocycles. The lowest BCUT2D eigenvalue weighted by atomic mass is 10.1. The number of anilines is 9. The van der Waals surface area contributed by atoms with E-state index in [0.29, 0.717) is 77.1 Å². The maximum atomic E-state index is 12.6. The van der Waals surface area contributed by atoms with Crippen LogP contribution in [0, 0.1) is 0 Å². The molecule has 11 heterocycles. The van der Waals surface area contributed by atoms with Crippen molar-refractivity contribution >= 4 is 86.6 Å². The van der Waals surface area contributed by atoms with Crippen molar-refractivity contribution in [2.24, 2.45) is 0 Å². The molecule has 15 aromatic rings. The largest absolute Gasteiger partial charge is 0.492 e. The van der Waals surface area contributed by atoms with Crippen LogP contribution in [0.15, 0.2) is 278 Å². The molecule has 26 nitrogen and oxygen atoms in total. The van der Waals surface area contributed by atoms with Gasteiger partial charge >= 0.3 is 0 Å². The Hall–Kier alpha value is -14.1. The predicted molar refractivity (Wildman–Crippen MR) is 451 cm³/mol. The Morgan fingerprint density at radius 2 is 0.707 bits per heavy atom. The number of hydrogen-bond donors (Lipinski definition) is 6. The average molecular weight is 1550 g/mol. The molecule has 3 fully saturated rings. The molecule has 18 rings (SSSR count). The van der Waals surface area contributed by atoms with Crippen LogP contribution in [0.4, 0.5) is 52.0 Å². The fourth-order valence-corrected chi connectivity index (χ4v) is 14.1. The van der Waals surface area contributed by atoms with Crippen molar-refractivity contribution in [3.8, 4) is 51.0 Å². The van der Waals surface area contributed by atoms with E-state index in [1.54, 1.807) is 62.3 Å². The van der Waals surface area contributed by atoms with Crippen LogP contribution in [-0.2, 0) is 0 Å². The molecule has 116 heavy (non-hydrogen) atoms. The molecule has 7 aromatic carbocycles. The number of furan rings is 1. The van der Waals surface area contributed by atoms with E-state index < -0.39 is 0 Å². The fourth-order valence-electron chi connectivity index (χ4n) is 14.1. The van der Waals surface area contributed by atoms with Crippen LogP contribution in [0.25, 0.3) is 50.7 Å². The van der Waals surface area contributed by atoms with E-state index in [4.69, 9.17) is 28.8 Å². The second-order valence-corrected chi connectivity index (χ2v) is 28.2. The van der Waals surface area contributed by atoms with Gasteiger partial charge in [0.1, 0.15) is 37.1 Å². The third kappa shape index (κ3) is 19.9. The summed E-state index contributed by atoms with van der Waals surface area (Å²) in [6, 6.07) is 79.9. The van der Waals surface area contributed by atoms with E-state index in [2.05, 4.69) is 71.6 Å². The van der Waals surface area contributed by atoms with Crippen LogP contribution >= 0.6 is 0 Å². The minimum Gasteiger partial charge on any atom is -0.492 e. The van der Waals surface area contributed by atoms with Crippen LogP contribution < -0.4 is 46.1 Å². The average Bonchev–Trinajstić information content (AvgIpc) is 1.64. The minimum absolute atomic E-state index is 0.152. The van der Waals surface area contributed by atoms with E-state index in [-0.39, 0.29) is 23.5 Å². The first-order valence-corrected chi connectivity index (χ1v) is 39.1. The van der Waals surface area contributed by atoms with E-state index in [0.717, 1.165) is 93.4 Å². The third-order valence-electron chi connectivity index (χ3n) is 20.0. The zero-order valence-electron chi connectivity index (χ0n) is 63.9. The number of carbonyl (C=O) groups excluding carboxylic acids is 3. The van der Waals surface area contributed by atoms with Crippen molar-refractivity contribution < 1.29 is 33.0 Å². The summed E-state index contributed by atoms with van der Waals surface area (Å²) in [5.41, 5.74) is 13.2. The van der Waals surface area contributed by atoms with Gasteiger partial charge in [-0.15, -0.1) is 15.3 Å². The molecule has 3 aliphatic heterocycles. The van der Waals surface area contributed by atoms with E-state index in [1.807, 2.05) is 218 Å². The Labute approximate surface area is 670 Å². The summed E-state index contributed by atoms with van der Waals surface area (Å²) in [5.74, 6) is 3.61. The molecule has 26 heteroatoms. The SMILES string of the molecule is O=C(Nc1cccc(-c2cccc3nc(Nc4ccc(OCCN5CCCC5)cc4)nn23)c1)c1ccccc1.O=C(Nc1cccc(-c2cccc3nc(Nc4ccc(OCCN5CCCC5)cc4)nn23)c1)c1cccnc1.O=C(Nc1cccc(-c2cccc3nc(Nc4ccc(OCCN5CCCC5)cc4)nn23)c1)c1ccco1. The highest BCUT2D eigenvalue weighted by atomic mass is 16.5. The van der Waals surface area contributed by atoms with Gasteiger partial charge in [0.25, 0.3) is 17.7 Å². The minimum atomic E-state index is -0.305. The number of aromatic nitrogens is 10. The topological polar surface area (TPSA) is 277 Å². The Kier molecular flexibility index (Phi) is 24.3. The molecule has 0 spiro atoms. The van der Waals surface area contributed by atoms with Gasteiger partial charge in [0.15, 0.2) is 22.7 Å². The highest BCUT2D eigenvalue weighted by Gasteiger charge is 2.19. The van der Waals surface area contributed by atoms with Crippen molar-refractivity contribution in [1.29, 1.82) is 0 Å². The molecule has 3 aliphatic rings. The fraction of sp³-hybridized carbons (Fsp3) is 0.200. The van der Waals surface area contributed by atoms with Crippen LogP contribution in [0.3, 0.4) is 0 Å². The predicted octanol–water partition coefficient (Wildman–Crippen LogP) is 16.6. The van der Waals surface area contributed by atoms with Crippen LogP contribution in [0.2, 0.25) is 0 Å². The van der Waals surface area contributed by atoms with Gasteiger partial charge in [0, 0.05) is 88.4 Å². The third-order valence-corrected chi connectivity index (χ3v) is 20.0. The summed E-state index contributed by atoms with van der Waals surface area (Å²) < 4.78 is 28.3. The summed E-state index contributed by atoms with van der Waals surface area (Å²) in [6.07, 6.45) is 12.4. The van der Waals surface area contributed by atoms with Crippen molar-refractivity contribution in [2.75, 3.05) is 111 Å². The van der Waals surface area contributed by atoms with Crippen molar-refractivity contribution in [2.45, 2.75) is 38.5 Å². The van der Waals surface area contributed by atoms with Crippen molar-refractivity contribution in [3.63, 3.8) is 0 Å². The van der Waals surface area contributed by atoms with E-state index in [9.17, 15) is 14.4 Å². The number of carbonyl (C=O) groups is 3. The van der Waals surface area contributed by atoms with Gasteiger partial charge in [-0.25, -0.2) is 13.5 Å². The number of fused-ring (bicyclic) bond motifs is 3. The van der Waals surface area contributed by atoms with Gasteiger partial charge in [0.05, 0.1) is 28.9 Å². The Morgan fingerprint density at radius 3 is 1.07 bits per heavy atom. The van der Waals surface area contributed by atoms with Crippen LogP contribution in [-0.4, -0.2) is 160 Å². The molecule has 0 bridgehead atoms. The number of nitrogens with one attached hydrogen (secondary N) is 6. The van der Waals surface area contributed by atoms with Gasteiger partial charge in [-0.2, -0.15) is 15.0 Å². The summed E-state index contributed by atoms with van der Waals surface area (Å²) in [4.78, 5) is 62.9. The van der Waals surface area contributed by atoms with Crippen molar-refractivity contribution in [1.82, 2.24) is 63.5 Å². The zero-order valence-corrected chi connectivity index (χ0v) is 63.9. The Balaban J connectivity index is 0.000000131. The van der Waals surface area contributed by atoms with Gasteiger partial charge in [-0.05, 0) is 260 Å². The number of rotatable bonds is 27. The Morgan fingerprint density at radius 1 is 0.345 bits per heavy atom. The number of benzene rings is 7. The standard InChI is InChI=1S/C31H30N6O2.C30H29N7O2.C29H28N6O3/c38-30(23-8-2-1-3-9-23)32-26-11-6-10-24(22-26)28-12-7-13-29-34-31(35-37(28)29)33-25-14-16-27(17-15-25)39-21-20-36-18-4-5-19-36;38-29(23-7-5-15-31-21-23)32-25-8-3-6-22(20-25)27-9-4-10-28-34-30(35-37(27)28)33-24-11-13-26(14-12-24)39-19-18-36-16-1-2-17-36;36-28(26-9-5-18-38-26)30-23-7-3-6-21(20-23)25-8-4-10-27-32-29(33-35(25)27)31-22-11-13-24(14-12-22)37-19-17-34-15-1-2-16-34/h1-3,6-17,22H,4-5,18-21H2,(H,32,38)(H,33,35);3-15,20-21H,1-2,16-19H2,(H,32,38)(H,33,35);3-14,18,20H,1-2,15-17,19H2,(H,30,36)(H,31,33). The molecule has 584 valence electrons. The molecule has 0 atom stereocenters. The van der Waals surface area contributed by atoms with Crippen molar-refractivity contribution in [3.05, 3.63) is 290 Å². The first-order chi connectivity index (χ1) is 57.1. The maximum Gasteiger partial charge on any atom is 0.291 e. The number of nitrogens with zero attached hydrogens (tertiary/aromatic N) is 13. The molecule has 3 saturated heterocycles. The lowest BCUT2D eigenvalue weighted by molar-refractivity contribution is 0.0993. The van der Waals surface area contributed by atoms with Gasteiger partial charge in [0.2, 0.25) is 17.8 Å². The molecule has 0 aliphatic carbocycles. The van der Waals surface area contributed by atoms with Gasteiger partial charge < -0.3 is 50.5 Å². The smallest absolute Gasteiger partial charge is 0.291 e. The van der Waals surface area contributed by atoms with Crippen LogP contribution in [0.1, 0.15) is 69.8 Å². The number of likely N-dealkylation sites (tertiary alicyclic amines) is 3. The summed E-state index contributed by atoms with van der Waals surface area (Å²) in [5, 5.41) is 32.7. The van der Waals surface area contributed by atoms with E-state index >= 15 is 0 Å². The van der Waals surface area contributed by atoms with E-state index in [1.165, 1.54) is 84.1 Å². The lowest BCUT2D eigenvalue weighted by Crippen LogP contribution is -2.25. The van der Waals surface area contributed by atoms with Gasteiger partial charge in [-0.3, -0.25) is 34.1 Å². The number of amides is 3. The maximum absolute atomic E-state index is 12.6. The monoisotopic (exact) mass is 1550 g/mol. The Bertz CT molecular complexity index is 5530. The molecule has 3 amide bonds. The van der Waals surface area contributed by atoms with Gasteiger partial charge in [-0.1, -0.05) is 72.8 Å². The number of ether oxygens (including phenoxy) is 3. The molecular formula is C90H87N19O7. The van der Waals surface area contributed by atoms with Crippen LogP contribution in [0.5, 0.6) is 17.2 Å². The molecule has 8 aromatic heterocycles. The normalized spacial score (nSPS) is 13.5. The summed E-state index contributed by atoms with van der Waals surface area (Å²) >= 11 is 0. The summed E-state index contributed by atoms with van der Waals surface area (Å²) in [7, 11) is 0. The zero-order chi connectivity index (χ0) is 78.6. The highest BCUT2D eigenvalue weighted by Crippen LogP contribution is 2.31. The quantitative estimate of drug-likeness (QED) is 0.0279. The number of hydrogen-bond acceptors (Lipinski definition) is 20. The molecular weight excluding hydrogens is 1460 g/mol. The first kappa shape index (κ1) is 75.9. The second-order valence-electron chi connectivity index (χ2n) is 28.2. The number of pyridine rings is 4. The second kappa shape index (κ2) is 37.0. The molecule has 0 unspecified atom stereocenters. The lowest BCUT2D eigenvalue weighted by Gasteiger charge is -2.15.